The molecule has 29 heavy (non-hydrogen) atoms. The highest BCUT2D eigenvalue weighted by atomic mass is 16.6. The van der Waals surface area contributed by atoms with Crippen LogP contribution in [0.4, 0.5) is 11.4 Å². The van der Waals surface area contributed by atoms with Crippen molar-refractivity contribution < 1.29 is 19.4 Å². The summed E-state index contributed by atoms with van der Waals surface area (Å²) in [7, 11) is 1.22. The monoisotopic (exact) mass is 398 g/mol. The molecule has 0 spiro atoms. The van der Waals surface area contributed by atoms with Crippen LogP contribution in [0, 0.1) is 26.1 Å². The quantitative estimate of drug-likeness (QED) is 0.464. The molecule has 1 aliphatic rings. The van der Waals surface area contributed by atoms with Gasteiger partial charge in [0.05, 0.1) is 28.6 Å². The highest BCUT2D eigenvalue weighted by Gasteiger charge is 2.41. The van der Waals surface area contributed by atoms with Gasteiger partial charge in [0, 0.05) is 23.4 Å². The predicted molar refractivity (Wildman–Crippen MR) is 103 cm³/mol. The molecule has 1 aliphatic heterocycles. The van der Waals surface area contributed by atoms with Gasteiger partial charge in [-0.1, -0.05) is 30.3 Å². The number of hydrogen-bond acceptors (Lipinski definition) is 8. The first-order valence-corrected chi connectivity index (χ1v) is 8.70. The maximum atomic E-state index is 12.4. The van der Waals surface area contributed by atoms with Gasteiger partial charge in [-0.05, 0) is 13.0 Å². The largest absolute Gasteiger partial charge is 0.468 e. The highest BCUT2D eigenvalue weighted by molar-refractivity contribution is 6.02. The zero-order chi connectivity index (χ0) is 21.1. The van der Waals surface area contributed by atoms with E-state index in [2.05, 4.69) is 10.3 Å². The lowest BCUT2D eigenvalue weighted by molar-refractivity contribution is -0.386. The standard InChI is InChI=1S/C19H18N4O6/c1-11-16(19(24)29-2)17(12-7-3-5-9-14(12)22(25)26)21-18(20-11)13-8-4-6-10-15(13)23(27)28/h3-10,16-18,21H,1-2H3/t16?,17-,18+/m1/s1. The Morgan fingerprint density at radius 2 is 1.52 bits per heavy atom. The van der Waals surface area contributed by atoms with Crippen molar-refractivity contribution in [2.24, 2.45) is 10.9 Å². The molecule has 0 saturated heterocycles. The van der Waals surface area contributed by atoms with E-state index in [0.29, 0.717) is 11.3 Å². The van der Waals surface area contributed by atoms with Crippen LogP contribution in [0.1, 0.15) is 30.3 Å². The third-order valence-corrected chi connectivity index (χ3v) is 4.81. The molecular weight excluding hydrogens is 380 g/mol. The van der Waals surface area contributed by atoms with E-state index in [1.165, 1.54) is 31.4 Å². The first-order valence-electron chi connectivity index (χ1n) is 8.70. The number of aliphatic imine (C=N–C) groups is 1. The van der Waals surface area contributed by atoms with Crippen molar-refractivity contribution >= 4 is 23.1 Å². The van der Waals surface area contributed by atoms with E-state index in [4.69, 9.17) is 4.74 Å². The van der Waals surface area contributed by atoms with Gasteiger partial charge in [-0.25, -0.2) is 0 Å². The number of nitrogens with one attached hydrogen (secondary N) is 1. The molecule has 0 aromatic heterocycles. The van der Waals surface area contributed by atoms with Crippen LogP contribution in [-0.4, -0.2) is 28.6 Å². The van der Waals surface area contributed by atoms with Gasteiger partial charge in [0.15, 0.2) is 0 Å². The van der Waals surface area contributed by atoms with Crippen molar-refractivity contribution in [2.45, 2.75) is 19.1 Å². The number of benzene rings is 2. The van der Waals surface area contributed by atoms with E-state index in [-0.39, 0.29) is 16.9 Å². The number of hydrogen-bond donors (Lipinski definition) is 1. The van der Waals surface area contributed by atoms with E-state index in [0.717, 1.165) is 0 Å². The van der Waals surface area contributed by atoms with Gasteiger partial charge in [0.25, 0.3) is 11.4 Å². The van der Waals surface area contributed by atoms with Crippen LogP contribution in [0.15, 0.2) is 53.5 Å². The lowest BCUT2D eigenvalue weighted by Gasteiger charge is -2.34. The van der Waals surface area contributed by atoms with Crippen molar-refractivity contribution in [3.05, 3.63) is 79.9 Å². The molecule has 10 nitrogen and oxygen atoms in total. The Morgan fingerprint density at radius 1 is 1.00 bits per heavy atom. The second-order valence-electron chi connectivity index (χ2n) is 6.45. The summed E-state index contributed by atoms with van der Waals surface area (Å²) in [6.45, 7) is 1.60. The third kappa shape index (κ3) is 3.83. The summed E-state index contributed by atoms with van der Waals surface area (Å²) in [5.74, 6) is -1.52. The number of esters is 1. The number of nitro groups is 2. The Morgan fingerprint density at radius 3 is 2.07 bits per heavy atom. The summed E-state index contributed by atoms with van der Waals surface area (Å²) in [5, 5.41) is 26.0. The molecule has 3 rings (SSSR count). The van der Waals surface area contributed by atoms with Gasteiger partial charge in [-0.15, -0.1) is 0 Å². The Labute approximate surface area is 165 Å². The number of carbonyl (C=O) groups excluding carboxylic acids is 1. The van der Waals surface area contributed by atoms with E-state index in [1.807, 2.05) is 0 Å². The van der Waals surface area contributed by atoms with E-state index >= 15 is 0 Å². The molecule has 0 bridgehead atoms. The van der Waals surface area contributed by atoms with Crippen LogP contribution < -0.4 is 5.32 Å². The Balaban J connectivity index is 2.15. The smallest absolute Gasteiger partial charge is 0.316 e. The molecule has 1 N–H and O–H groups in total. The summed E-state index contributed by atoms with van der Waals surface area (Å²) < 4.78 is 4.88. The number of carbonyl (C=O) groups is 1. The van der Waals surface area contributed by atoms with Gasteiger partial charge in [0.1, 0.15) is 12.1 Å². The molecule has 0 fully saturated rings. The minimum atomic E-state index is -0.917. The molecule has 10 heteroatoms. The third-order valence-electron chi connectivity index (χ3n) is 4.81. The fourth-order valence-corrected chi connectivity index (χ4v) is 3.49. The topological polar surface area (TPSA) is 137 Å². The summed E-state index contributed by atoms with van der Waals surface area (Å²) in [6, 6.07) is 11.3. The molecule has 150 valence electrons. The fraction of sp³-hybridized carbons (Fsp3) is 0.263. The van der Waals surface area contributed by atoms with Gasteiger partial charge in [0.2, 0.25) is 0 Å². The average molecular weight is 398 g/mol. The van der Waals surface area contributed by atoms with Crippen LogP contribution in [0.5, 0.6) is 0 Å². The van der Waals surface area contributed by atoms with Crippen molar-refractivity contribution in [2.75, 3.05) is 7.11 Å². The Kier molecular flexibility index (Phi) is 5.64. The zero-order valence-electron chi connectivity index (χ0n) is 15.6. The van der Waals surface area contributed by atoms with Crippen molar-refractivity contribution in [1.82, 2.24) is 5.32 Å². The van der Waals surface area contributed by atoms with Gasteiger partial charge in [-0.3, -0.25) is 35.3 Å². The van der Waals surface area contributed by atoms with Crippen LogP contribution in [0.25, 0.3) is 0 Å². The molecule has 0 aliphatic carbocycles. The lowest BCUT2D eigenvalue weighted by atomic mass is 9.86. The van der Waals surface area contributed by atoms with E-state index < -0.39 is 33.9 Å². The molecule has 2 aromatic carbocycles. The minimum Gasteiger partial charge on any atom is -0.468 e. The Hall–Kier alpha value is -3.66. The first kappa shape index (κ1) is 20.1. The molecule has 1 heterocycles. The van der Waals surface area contributed by atoms with Crippen molar-refractivity contribution in [1.29, 1.82) is 0 Å². The summed E-state index contributed by atoms with van der Waals surface area (Å²) in [5.41, 5.74) is 0.616. The SMILES string of the molecule is COC(=O)C1C(C)=N[C@H](c2ccccc2[N+](=O)[O-])N[C@@H]1c1ccccc1[N+](=O)[O-]. The molecule has 3 atom stereocenters. The fourth-order valence-electron chi connectivity index (χ4n) is 3.49. The minimum absolute atomic E-state index is 0.139. The second-order valence-corrected chi connectivity index (χ2v) is 6.45. The summed E-state index contributed by atoms with van der Waals surface area (Å²) in [4.78, 5) is 38.8. The van der Waals surface area contributed by atoms with Crippen molar-refractivity contribution in [3.8, 4) is 0 Å². The summed E-state index contributed by atoms with van der Waals surface area (Å²) >= 11 is 0. The van der Waals surface area contributed by atoms with Crippen LogP contribution >= 0.6 is 0 Å². The lowest BCUT2D eigenvalue weighted by Crippen LogP contribution is -2.43. The van der Waals surface area contributed by atoms with Gasteiger partial charge in [-0.2, -0.15) is 0 Å². The number of nitro benzene ring substituents is 2. The second kappa shape index (κ2) is 8.15. The number of nitrogens with zero attached hydrogens (tertiary/aromatic N) is 3. The molecule has 0 radical (unpaired) electrons. The number of rotatable bonds is 5. The molecule has 0 amide bonds. The van der Waals surface area contributed by atoms with Crippen LogP contribution in [0.2, 0.25) is 0 Å². The highest BCUT2D eigenvalue weighted by Crippen LogP contribution is 2.38. The summed E-state index contributed by atoms with van der Waals surface area (Å²) in [6.07, 6.45) is -0.859. The van der Waals surface area contributed by atoms with Gasteiger partial charge >= 0.3 is 5.97 Å². The average Bonchev–Trinajstić information content (AvgIpc) is 2.72. The Bertz CT molecular complexity index is 1010. The predicted octanol–water partition coefficient (Wildman–Crippen LogP) is 3.10. The molecular formula is C19H18N4O6. The number of para-hydroxylation sites is 2. The van der Waals surface area contributed by atoms with E-state index in [9.17, 15) is 25.0 Å². The van der Waals surface area contributed by atoms with Crippen LogP contribution in [-0.2, 0) is 9.53 Å². The molecule has 1 unspecified atom stereocenters. The maximum absolute atomic E-state index is 12.4. The normalized spacial score (nSPS) is 21.2. The number of ether oxygens (including phenoxy) is 1. The number of methoxy groups -OCH3 is 1. The van der Waals surface area contributed by atoms with Crippen LogP contribution in [0.3, 0.4) is 0 Å². The molecule has 2 aromatic rings. The van der Waals surface area contributed by atoms with Crippen molar-refractivity contribution in [3.63, 3.8) is 0 Å². The zero-order valence-corrected chi connectivity index (χ0v) is 15.6. The van der Waals surface area contributed by atoms with Gasteiger partial charge < -0.3 is 4.74 Å². The molecule has 0 saturated carbocycles. The first-order chi connectivity index (χ1) is 13.8. The van der Waals surface area contributed by atoms with E-state index in [1.54, 1.807) is 31.2 Å². The maximum Gasteiger partial charge on any atom is 0.316 e.